The molecule has 0 bridgehead atoms. The number of nitrogens with two attached hydrogens (primary N) is 1. The van der Waals surface area contributed by atoms with Crippen LogP contribution in [0.5, 0.6) is 0 Å². The van der Waals surface area contributed by atoms with Crippen LogP contribution in [-0.4, -0.2) is 16.7 Å². The molecule has 0 radical (unpaired) electrons. The van der Waals surface area contributed by atoms with Gasteiger partial charge in [0.2, 0.25) is 0 Å². The van der Waals surface area contributed by atoms with Gasteiger partial charge in [0.1, 0.15) is 16.9 Å². The highest BCUT2D eigenvalue weighted by Gasteiger charge is 2.17. The number of nitrogens with zero attached hydrogens (tertiary/aromatic N) is 3. The van der Waals surface area contributed by atoms with Crippen molar-refractivity contribution in [2.75, 3.05) is 0 Å². The number of aromatic nitrogens is 1. The molecule has 2 aromatic heterocycles. The van der Waals surface area contributed by atoms with Crippen molar-refractivity contribution < 1.29 is 4.42 Å². The Morgan fingerprint density at radius 2 is 1.30 bits per heavy atom. The average molecular weight is 681 g/mol. The summed E-state index contributed by atoms with van der Waals surface area (Å²) in [7, 11) is 0. The van der Waals surface area contributed by atoms with Crippen molar-refractivity contribution in [2.24, 2.45) is 15.7 Å². The lowest BCUT2D eigenvalue weighted by Crippen LogP contribution is -2.17. The zero-order valence-corrected chi connectivity index (χ0v) is 28.7. The van der Waals surface area contributed by atoms with Crippen molar-refractivity contribution in [2.45, 2.75) is 6.54 Å². The summed E-state index contributed by atoms with van der Waals surface area (Å²) in [6.07, 6.45) is 1.82. The fourth-order valence-corrected chi connectivity index (χ4v) is 7.63. The second kappa shape index (κ2) is 12.6. The molecular weight excluding hydrogens is 649 g/mol. The number of hydrogen-bond donors (Lipinski definition) is 1. The van der Waals surface area contributed by atoms with Gasteiger partial charge in [-0.25, -0.2) is 4.99 Å². The summed E-state index contributed by atoms with van der Waals surface area (Å²) in [5.74, 6) is 1.00. The fraction of sp³-hybridized carbons (Fsp3) is 0.0208. The molecule has 0 aliphatic rings. The van der Waals surface area contributed by atoms with Crippen LogP contribution in [0.25, 0.3) is 76.3 Å². The molecule has 0 atom stereocenters. The van der Waals surface area contributed by atoms with E-state index in [9.17, 15) is 0 Å². The molecule has 0 saturated heterocycles. The molecular formula is C48H32N4O. The molecule has 10 aromatic rings. The van der Waals surface area contributed by atoms with E-state index >= 15 is 0 Å². The molecule has 0 aliphatic heterocycles. The minimum Gasteiger partial charge on any atom is -0.454 e. The van der Waals surface area contributed by atoms with Gasteiger partial charge < -0.3 is 10.2 Å². The number of benzene rings is 8. The van der Waals surface area contributed by atoms with Gasteiger partial charge in [0.05, 0.1) is 11.9 Å². The maximum Gasteiger partial charge on any atom is 0.157 e. The largest absolute Gasteiger partial charge is 0.454 e. The molecule has 0 aliphatic carbocycles. The van der Waals surface area contributed by atoms with Gasteiger partial charge in [0, 0.05) is 17.3 Å². The number of amidine groups is 2. The molecule has 2 heterocycles. The predicted molar refractivity (Wildman–Crippen MR) is 221 cm³/mol. The summed E-state index contributed by atoms with van der Waals surface area (Å²) >= 11 is 0. The van der Waals surface area contributed by atoms with E-state index in [1.54, 1.807) is 0 Å². The van der Waals surface area contributed by atoms with Crippen molar-refractivity contribution in [3.8, 4) is 11.1 Å². The Morgan fingerprint density at radius 3 is 2.17 bits per heavy atom. The van der Waals surface area contributed by atoms with Gasteiger partial charge in [0.25, 0.3) is 0 Å². The minimum atomic E-state index is 0.424. The van der Waals surface area contributed by atoms with Crippen molar-refractivity contribution in [1.82, 2.24) is 4.98 Å². The summed E-state index contributed by atoms with van der Waals surface area (Å²) in [5, 5.41) is 10.0. The van der Waals surface area contributed by atoms with Gasteiger partial charge in [0.15, 0.2) is 11.4 Å². The zero-order valence-electron chi connectivity index (χ0n) is 28.7. The van der Waals surface area contributed by atoms with Crippen LogP contribution in [0.1, 0.15) is 16.7 Å². The van der Waals surface area contributed by atoms with Crippen LogP contribution < -0.4 is 5.73 Å². The summed E-state index contributed by atoms with van der Waals surface area (Å²) < 4.78 is 6.34. The first-order valence-corrected chi connectivity index (χ1v) is 17.7. The smallest absolute Gasteiger partial charge is 0.157 e. The molecule has 0 saturated carbocycles. The third-order valence-electron chi connectivity index (χ3n) is 10.2. The molecule has 0 unspecified atom stereocenters. The standard InChI is InChI=1S/C48H32N4O/c49-47(42-27-32-13-4-5-14-36(32)37-15-6-7-16-38(37)42)52-48(51-29-30-11-2-1-3-12-30)34-23-21-31-20-22-33(25-35(31)26-34)41-28-44-45(40-18-9-8-17-39(40)41)46-43(53-44)19-10-24-50-46/h1-28H,29H2,(H2,49,51,52). The van der Waals surface area contributed by atoms with E-state index in [4.69, 9.17) is 20.1 Å². The lowest BCUT2D eigenvalue weighted by atomic mass is 9.94. The van der Waals surface area contributed by atoms with E-state index < -0.39 is 0 Å². The molecule has 0 amide bonds. The lowest BCUT2D eigenvalue weighted by Gasteiger charge is -2.12. The van der Waals surface area contributed by atoms with E-state index in [1.165, 1.54) is 5.39 Å². The van der Waals surface area contributed by atoms with E-state index in [2.05, 4.69) is 132 Å². The SMILES string of the molecule is NC(=NC(=NCc1ccccc1)c1ccc2ccc(-c3cc4oc5cccnc5c4c4ccccc34)cc2c1)c1cc2ccccc2c2ccccc12. The van der Waals surface area contributed by atoms with Crippen LogP contribution in [0.2, 0.25) is 0 Å². The van der Waals surface area contributed by atoms with Crippen LogP contribution in [0.3, 0.4) is 0 Å². The average Bonchev–Trinajstić information content (AvgIpc) is 3.60. The van der Waals surface area contributed by atoms with Gasteiger partial charge in [-0.1, -0.05) is 127 Å². The van der Waals surface area contributed by atoms with Crippen molar-refractivity contribution in [3.05, 3.63) is 187 Å². The maximum absolute atomic E-state index is 6.95. The number of pyridine rings is 1. The Bertz CT molecular complexity index is 3100. The monoisotopic (exact) mass is 680 g/mol. The van der Waals surface area contributed by atoms with Gasteiger partial charge in [-0.3, -0.25) is 9.98 Å². The molecule has 5 nitrogen and oxygen atoms in total. The number of rotatable bonds is 5. The van der Waals surface area contributed by atoms with Crippen LogP contribution in [0.4, 0.5) is 0 Å². The van der Waals surface area contributed by atoms with Gasteiger partial charge in [-0.2, -0.15) is 0 Å². The molecule has 53 heavy (non-hydrogen) atoms. The van der Waals surface area contributed by atoms with Gasteiger partial charge in [-0.05, 0) is 96.2 Å². The Hall–Kier alpha value is -7.11. The topological polar surface area (TPSA) is 76.8 Å². The first kappa shape index (κ1) is 30.7. The Balaban J connectivity index is 1.12. The Labute approximate surface area is 305 Å². The second-order valence-electron chi connectivity index (χ2n) is 13.4. The highest BCUT2D eigenvalue weighted by atomic mass is 16.3. The van der Waals surface area contributed by atoms with Crippen molar-refractivity contribution in [3.63, 3.8) is 0 Å². The highest BCUT2D eigenvalue weighted by Crippen LogP contribution is 2.40. The molecule has 0 spiro atoms. The zero-order chi connectivity index (χ0) is 35.3. The summed E-state index contributed by atoms with van der Waals surface area (Å²) in [4.78, 5) is 14.9. The molecule has 250 valence electrons. The lowest BCUT2D eigenvalue weighted by molar-refractivity contribution is 0.668. The minimum absolute atomic E-state index is 0.424. The summed E-state index contributed by atoms with van der Waals surface area (Å²) in [6.45, 7) is 0.474. The van der Waals surface area contributed by atoms with Crippen LogP contribution in [-0.2, 0) is 6.54 Å². The summed E-state index contributed by atoms with van der Waals surface area (Å²) in [5.41, 5.74) is 14.5. The fourth-order valence-electron chi connectivity index (χ4n) is 7.63. The third-order valence-corrected chi connectivity index (χ3v) is 10.2. The first-order valence-electron chi connectivity index (χ1n) is 17.7. The Morgan fingerprint density at radius 1 is 0.566 bits per heavy atom. The normalized spacial score (nSPS) is 12.5. The van der Waals surface area contributed by atoms with E-state index in [0.29, 0.717) is 18.2 Å². The van der Waals surface area contributed by atoms with Crippen LogP contribution in [0, 0.1) is 0 Å². The van der Waals surface area contributed by atoms with Gasteiger partial charge in [-0.15, -0.1) is 0 Å². The quantitative estimate of drug-likeness (QED) is 0.112. The molecule has 2 N–H and O–H groups in total. The van der Waals surface area contributed by atoms with E-state index in [-0.39, 0.29) is 0 Å². The molecule has 0 fully saturated rings. The van der Waals surface area contributed by atoms with E-state index in [0.717, 1.165) is 87.6 Å². The Kier molecular flexibility index (Phi) is 7.29. The number of fused-ring (bicyclic) bond motifs is 9. The molecule has 10 rings (SSSR count). The molecule has 5 heteroatoms. The predicted octanol–water partition coefficient (Wildman–Crippen LogP) is 11.6. The number of aliphatic imine (C=N–C) groups is 2. The first-order chi connectivity index (χ1) is 26.2. The third kappa shape index (κ3) is 5.38. The van der Waals surface area contributed by atoms with Gasteiger partial charge >= 0.3 is 0 Å². The molecule has 8 aromatic carbocycles. The number of furan rings is 1. The van der Waals surface area contributed by atoms with Crippen LogP contribution in [0.15, 0.2) is 184 Å². The summed E-state index contributed by atoms with van der Waals surface area (Å²) in [6, 6.07) is 56.7. The maximum atomic E-state index is 6.95. The van der Waals surface area contributed by atoms with Crippen molar-refractivity contribution in [1.29, 1.82) is 0 Å². The van der Waals surface area contributed by atoms with Crippen molar-refractivity contribution >= 4 is 76.8 Å². The van der Waals surface area contributed by atoms with E-state index in [1.807, 2.05) is 42.6 Å². The number of hydrogen-bond acceptors (Lipinski definition) is 3. The highest BCUT2D eigenvalue weighted by molar-refractivity contribution is 6.22. The van der Waals surface area contributed by atoms with Crippen LogP contribution >= 0.6 is 0 Å². The second-order valence-corrected chi connectivity index (χ2v) is 13.4.